The molecule has 0 spiro atoms. The van der Waals surface area contributed by atoms with Crippen LogP contribution in [0.25, 0.3) is 0 Å². The summed E-state index contributed by atoms with van der Waals surface area (Å²) < 4.78 is 0. The van der Waals surface area contributed by atoms with Crippen molar-refractivity contribution in [3.8, 4) is 0 Å². The summed E-state index contributed by atoms with van der Waals surface area (Å²) in [5.74, 6) is 0.634. The molecule has 0 radical (unpaired) electrons. The highest BCUT2D eigenvalue weighted by atomic mass is 14.1. The normalized spacial score (nSPS) is 11.0. The first-order valence-electron chi connectivity index (χ1n) is 7.74. The molecule has 0 nitrogen and oxygen atoms in total. The molecule has 0 unspecified atom stereocenters. The van der Waals surface area contributed by atoms with Crippen LogP contribution in [0, 0.1) is 6.92 Å². The lowest BCUT2D eigenvalue weighted by Gasteiger charge is -2.11. The zero-order chi connectivity index (χ0) is 14.3. The standard InChI is InChI=1S/C19H30/c1-15(2)10-8-6-7-9-11-19-14-18(16(3)4)13-12-17(19)5/h12-14,16H,1,6-11H2,2-5H3. The maximum Gasteiger partial charge on any atom is -0.0219 e. The van der Waals surface area contributed by atoms with Gasteiger partial charge in [0.15, 0.2) is 0 Å². The lowest BCUT2D eigenvalue weighted by molar-refractivity contribution is 0.638. The molecule has 0 N–H and O–H groups in total. The van der Waals surface area contributed by atoms with E-state index in [1.807, 2.05) is 0 Å². The fourth-order valence-electron chi connectivity index (χ4n) is 2.42. The summed E-state index contributed by atoms with van der Waals surface area (Å²) in [7, 11) is 0. The van der Waals surface area contributed by atoms with Gasteiger partial charge in [0.25, 0.3) is 0 Å². The molecule has 1 aromatic carbocycles. The first-order valence-corrected chi connectivity index (χ1v) is 7.74. The Morgan fingerprint density at radius 1 is 1.11 bits per heavy atom. The van der Waals surface area contributed by atoms with E-state index in [0.717, 1.165) is 0 Å². The molecule has 0 aliphatic heterocycles. The maximum absolute atomic E-state index is 3.96. The minimum Gasteiger partial charge on any atom is -0.100 e. The van der Waals surface area contributed by atoms with Crippen molar-refractivity contribution < 1.29 is 0 Å². The first kappa shape index (κ1) is 16.0. The maximum atomic E-state index is 3.96. The van der Waals surface area contributed by atoms with Crippen molar-refractivity contribution in [3.63, 3.8) is 0 Å². The predicted molar refractivity (Wildman–Crippen MR) is 86.9 cm³/mol. The molecule has 0 fully saturated rings. The van der Waals surface area contributed by atoms with Crippen molar-refractivity contribution in [2.24, 2.45) is 0 Å². The Labute approximate surface area is 119 Å². The fourth-order valence-corrected chi connectivity index (χ4v) is 2.42. The molecular formula is C19H30. The second-order valence-corrected chi connectivity index (χ2v) is 6.21. The second kappa shape index (κ2) is 8.19. The Kier molecular flexibility index (Phi) is 6.91. The van der Waals surface area contributed by atoms with Crippen LogP contribution in [0.3, 0.4) is 0 Å². The van der Waals surface area contributed by atoms with Gasteiger partial charge in [0.05, 0.1) is 0 Å². The van der Waals surface area contributed by atoms with Crippen LogP contribution in [-0.4, -0.2) is 0 Å². The summed E-state index contributed by atoms with van der Waals surface area (Å²) in [6.45, 7) is 12.9. The smallest absolute Gasteiger partial charge is 0.0219 e. The Balaban J connectivity index is 2.36. The molecular weight excluding hydrogens is 228 g/mol. The Morgan fingerprint density at radius 2 is 1.79 bits per heavy atom. The summed E-state index contributed by atoms with van der Waals surface area (Å²) in [6, 6.07) is 6.97. The SMILES string of the molecule is C=C(C)CCCCCCc1cc(C(C)C)ccc1C. The first-order chi connectivity index (χ1) is 9.00. The highest BCUT2D eigenvalue weighted by molar-refractivity contribution is 5.32. The van der Waals surface area contributed by atoms with Gasteiger partial charge in [0.2, 0.25) is 0 Å². The van der Waals surface area contributed by atoms with Crippen LogP contribution < -0.4 is 0 Å². The molecule has 0 bridgehead atoms. The molecule has 1 rings (SSSR count). The summed E-state index contributed by atoms with van der Waals surface area (Å²) in [4.78, 5) is 0. The highest BCUT2D eigenvalue weighted by Gasteiger charge is 2.03. The van der Waals surface area contributed by atoms with E-state index in [0.29, 0.717) is 5.92 Å². The summed E-state index contributed by atoms with van der Waals surface area (Å²) >= 11 is 0. The van der Waals surface area contributed by atoms with Crippen LogP contribution in [0.15, 0.2) is 30.4 Å². The van der Waals surface area contributed by atoms with Crippen LogP contribution in [0.1, 0.15) is 75.5 Å². The van der Waals surface area contributed by atoms with E-state index in [-0.39, 0.29) is 0 Å². The molecule has 1 aromatic rings. The number of hydrogen-bond donors (Lipinski definition) is 0. The van der Waals surface area contributed by atoms with Crippen LogP contribution in [0.2, 0.25) is 0 Å². The van der Waals surface area contributed by atoms with Crippen molar-refractivity contribution in [2.45, 2.75) is 72.1 Å². The van der Waals surface area contributed by atoms with Crippen molar-refractivity contribution in [3.05, 3.63) is 47.0 Å². The number of benzene rings is 1. The summed E-state index contributed by atoms with van der Waals surface area (Å²) in [5.41, 5.74) is 5.79. The van der Waals surface area contributed by atoms with Crippen molar-refractivity contribution in [1.29, 1.82) is 0 Å². The Bertz CT molecular complexity index is 398. The third-order valence-corrected chi connectivity index (χ3v) is 3.84. The minimum absolute atomic E-state index is 0.634. The molecule has 0 atom stereocenters. The van der Waals surface area contributed by atoms with Crippen LogP contribution in [0.5, 0.6) is 0 Å². The Morgan fingerprint density at radius 3 is 2.42 bits per heavy atom. The molecule has 0 aromatic heterocycles. The van der Waals surface area contributed by atoms with Gasteiger partial charge < -0.3 is 0 Å². The molecule has 0 saturated heterocycles. The van der Waals surface area contributed by atoms with E-state index in [9.17, 15) is 0 Å². The minimum atomic E-state index is 0.634. The monoisotopic (exact) mass is 258 g/mol. The van der Waals surface area contributed by atoms with E-state index >= 15 is 0 Å². The second-order valence-electron chi connectivity index (χ2n) is 6.21. The van der Waals surface area contributed by atoms with Gasteiger partial charge in [-0.3, -0.25) is 0 Å². The molecule has 19 heavy (non-hydrogen) atoms. The number of allylic oxidation sites excluding steroid dienone is 1. The number of rotatable bonds is 8. The lowest BCUT2D eigenvalue weighted by atomic mass is 9.95. The molecule has 106 valence electrons. The molecule has 0 heterocycles. The van der Waals surface area contributed by atoms with Gasteiger partial charge in [-0.05, 0) is 62.1 Å². The fraction of sp³-hybridized carbons (Fsp3) is 0.579. The van der Waals surface area contributed by atoms with E-state index in [4.69, 9.17) is 0 Å². The quantitative estimate of drug-likeness (QED) is 0.385. The summed E-state index contributed by atoms with van der Waals surface area (Å²) in [5, 5.41) is 0. The van der Waals surface area contributed by atoms with E-state index < -0.39 is 0 Å². The van der Waals surface area contributed by atoms with Crippen LogP contribution in [0.4, 0.5) is 0 Å². The van der Waals surface area contributed by atoms with Crippen LogP contribution >= 0.6 is 0 Å². The third kappa shape index (κ3) is 6.09. The van der Waals surface area contributed by atoms with Crippen molar-refractivity contribution >= 4 is 0 Å². The lowest BCUT2D eigenvalue weighted by Crippen LogP contribution is -1.95. The van der Waals surface area contributed by atoms with Gasteiger partial charge >= 0.3 is 0 Å². The van der Waals surface area contributed by atoms with E-state index in [1.54, 1.807) is 5.56 Å². The zero-order valence-corrected chi connectivity index (χ0v) is 13.3. The van der Waals surface area contributed by atoms with Gasteiger partial charge in [0.1, 0.15) is 0 Å². The van der Waals surface area contributed by atoms with Gasteiger partial charge in [-0.1, -0.05) is 50.5 Å². The van der Waals surface area contributed by atoms with Crippen molar-refractivity contribution in [2.75, 3.05) is 0 Å². The molecule has 0 aliphatic carbocycles. The molecule has 0 saturated carbocycles. The Hall–Kier alpha value is -1.04. The van der Waals surface area contributed by atoms with Crippen LogP contribution in [-0.2, 0) is 6.42 Å². The van der Waals surface area contributed by atoms with Gasteiger partial charge in [-0.25, -0.2) is 0 Å². The molecule has 0 heteroatoms. The topological polar surface area (TPSA) is 0 Å². The average Bonchev–Trinajstić information content (AvgIpc) is 2.34. The van der Waals surface area contributed by atoms with Crippen molar-refractivity contribution in [1.82, 2.24) is 0 Å². The predicted octanol–water partition coefficient (Wildman–Crippen LogP) is 6.19. The number of hydrogen-bond acceptors (Lipinski definition) is 0. The molecule has 0 aliphatic rings. The van der Waals surface area contributed by atoms with E-state index in [1.165, 1.54) is 55.2 Å². The molecule has 0 amide bonds. The largest absolute Gasteiger partial charge is 0.100 e. The number of aryl methyl sites for hydroxylation is 2. The van der Waals surface area contributed by atoms with Gasteiger partial charge in [-0.2, -0.15) is 0 Å². The average molecular weight is 258 g/mol. The summed E-state index contributed by atoms with van der Waals surface area (Å²) in [6.07, 6.45) is 7.74. The zero-order valence-electron chi connectivity index (χ0n) is 13.3. The third-order valence-electron chi connectivity index (χ3n) is 3.84. The number of unbranched alkanes of at least 4 members (excludes halogenated alkanes) is 3. The highest BCUT2D eigenvalue weighted by Crippen LogP contribution is 2.20. The van der Waals surface area contributed by atoms with Gasteiger partial charge in [-0.15, -0.1) is 6.58 Å². The van der Waals surface area contributed by atoms with Gasteiger partial charge in [0, 0.05) is 0 Å². The van der Waals surface area contributed by atoms with E-state index in [2.05, 4.69) is 52.5 Å².